The van der Waals surface area contributed by atoms with Gasteiger partial charge in [0.1, 0.15) is 18.5 Å². The van der Waals surface area contributed by atoms with Gasteiger partial charge in [-0.2, -0.15) is 4.98 Å². The largest absolute Gasteiger partial charge is 0.489 e. The standard InChI is InChI=1S/C20H25Cl2N5O4/c1-11(2)8-23-19-24-17-16(18(29)26(4)20(30)25(17)3)27(19)9-13(28)10-31-15-6-5-12(21)7-14(15)22/h5-7,11,13,28H,8-10H2,1-4H3,(H,23,24)/t13-/m0/s1. The molecule has 0 fully saturated rings. The molecule has 11 heteroatoms. The van der Waals surface area contributed by atoms with Crippen molar-refractivity contribution in [1.82, 2.24) is 18.7 Å². The summed E-state index contributed by atoms with van der Waals surface area (Å²) in [6, 6.07) is 4.80. The Kier molecular flexibility index (Phi) is 6.98. The van der Waals surface area contributed by atoms with Crippen molar-refractivity contribution in [2.24, 2.45) is 20.0 Å². The highest BCUT2D eigenvalue weighted by molar-refractivity contribution is 6.35. The fraction of sp³-hybridized carbons (Fsp3) is 0.450. The van der Waals surface area contributed by atoms with E-state index >= 15 is 0 Å². The number of hydrogen-bond donors (Lipinski definition) is 2. The first-order valence-corrected chi connectivity index (χ1v) is 10.5. The fourth-order valence-corrected chi connectivity index (χ4v) is 3.56. The predicted octanol–water partition coefficient (Wildman–Crippen LogP) is 2.25. The SMILES string of the molecule is CC(C)CNc1nc2c(c(=O)n(C)c(=O)n2C)n1C[C@H](O)COc1ccc(Cl)cc1Cl. The molecule has 0 spiro atoms. The van der Waals surface area contributed by atoms with E-state index in [-0.39, 0.29) is 24.3 Å². The molecule has 3 rings (SSSR count). The van der Waals surface area contributed by atoms with Crippen LogP contribution in [0.4, 0.5) is 5.95 Å². The highest BCUT2D eigenvalue weighted by Crippen LogP contribution is 2.27. The van der Waals surface area contributed by atoms with Gasteiger partial charge in [-0.3, -0.25) is 13.9 Å². The number of rotatable bonds is 8. The number of aromatic nitrogens is 4. The Morgan fingerprint density at radius 2 is 1.90 bits per heavy atom. The van der Waals surface area contributed by atoms with E-state index in [9.17, 15) is 14.7 Å². The molecule has 0 bridgehead atoms. The number of aryl methyl sites for hydroxylation is 1. The Labute approximate surface area is 188 Å². The minimum atomic E-state index is -0.981. The lowest BCUT2D eigenvalue weighted by atomic mass is 10.2. The number of aliphatic hydroxyl groups is 1. The molecule has 0 aliphatic heterocycles. The van der Waals surface area contributed by atoms with E-state index in [0.717, 1.165) is 4.57 Å². The molecule has 1 aromatic carbocycles. The molecule has 1 atom stereocenters. The van der Waals surface area contributed by atoms with Gasteiger partial charge in [-0.25, -0.2) is 4.79 Å². The summed E-state index contributed by atoms with van der Waals surface area (Å²) in [5, 5.41) is 14.6. The first kappa shape index (κ1) is 23.2. The molecule has 2 aromatic heterocycles. The van der Waals surface area contributed by atoms with E-state index in [2.05, 4.69) is 10.3 Å². The Bertz CT molecular complexity index is 1210. The summed E-state index contributed by atoms with van der Waals surface area (Å²) in [6.45, 7) is 4.62. The van der Waals surface area contributed by atoms with Gasteiger partial charge in [0.2, 0.25) is 5.95 Å². The van der Waals surface area contributed by atoms with Crippen molar-refractivity contribution >= 4 is 40.3 Å². The summed E-state index contributed by atoms with van der Waals surface area (Å²) < 4.78 is 9.52. The van der Waals surface area contributed by atoms with Crippen LogP contribution >= 0.6 is 23.2 Å². The molecular formula is C20H25Cl2N5O4. The van der Waals surface area contributed by atoms with E-state index in [0.29, 0.717) is 34.2 Å². The minimum Gasteiger partial charge on any atom is -0.489 e. The Morgan fingerprint density at radius 3 is 2.55 bits per heavy atom. The van der Waals surface area contributed by atoms with Crippen molar-refractivity contribution in [3.8, 4) is 5.75 Å². The van der Waals surface area contributed by atoms with Gasteiger partial charge < -0.3 is 19.7 Å². The van der Waals surface area contributed by atoms with Crippen molar-refractivity contribution < 1.29 is 9.84 Å². The number of nitrogens with zero attached hydrogens (tertiary/aromatic N) is 4. The van der Waals surface area contributed by atoms with E-state index in [4.69, 9.17) is 27.9 Å². The summed E-state index contributed by atoms with van der Waals surface area (Å²) in [5.41, 5.74) is -0.497. The number of imidazole rings is 1. The molecule has 0 saturated heterocycles. The van der Waals surface area contributed by atoms with Crippen LogP contribution in [0.2, 0.25) is 10.0 Å². The topological polar surface area (TPSA) is 103 Å². The molecular weight excluding hydrogens is 445 g/mol. The van der Waals surface area contributed by atoms with Gasteiger partial charge >= 0.3 is 5.69 Å². The van der Waals surface area contributed by atoms with Crippen LogP contribution in [-0.2, 0) is 20.6 Å². The molecule has 0 radical (unpaired) electrons. The lowest BCUT2D eigenvalue weighted by Gasteiger charge is -2.17. The van der Waals surface area contributed by atoms with Gasteiger partial charge in [0, 0.05) is 25.7 Å². The van der Waals surface area contributed by atoms with Crippen LogP contribution < -0.4 is 21.3 Å². The second-order valence-electron chi connectivity index (χ2n) is 7.74. The summed E-state index contributed by atoms with van der Waals surface area (Å²) in [4.78, 5) is 29.6. The molecule has 2 N–H and O–H groups in total. The van der Waals surface area contributed by atoms with Crippen LogP contribution in [0.25, 0.3) is 11.2 Å². The van der Waals surface area contributed by atoms with Crippen LogP contribution in [0.5, 0.6) is 5.75 Å². The Balaban J connectivity index is 1.94. The van der Waals surface area contributed by atoms with Gasteiger partial charge in [-0.1, -0.05) is 37.0 Å². The van der Waals surface area contributed by atoms with Crippen LogP contribution in [0.1, 0.15) is 13.8 Å². The summed E-state index contributed by atoms with van der Waals surface area (Å²) in [6.07, 6.45) is -0.981. The normalized spacial score (nSPS) is 12.5. The first-order valence-electron chi connectivity index (χ1n) is 9.76. The van der Waals surface area contributed by atoms with Crippen LogP contribution in [0.15, 0.2) is 27.8 Å². The highest BCUT2D eigenvalue weighted by Gasteiger charge is 2.21. The number of aliphatic hydroxyl groups excluding tert-OH is 1. The van der Waals surface area contributed by atoms with Crippen LogP contribution in [0.3, 0.4) is 0 Å². The lowest BCUT2D eigenvalue weighted by molar-refractivity contribution is 0.0938. The zero-order valence-electron chi connectivity index (χ0n) is 17.7. The molecule has 2 heterocycles. The molecule has 31 heavy (non-hydrogen) atoms. The number of fused-ring (bicyclic) bond motifs is 1. The Hall–Kier alpha value is -2.49. The summed E-state index contributed by atoms with van der Waals surface area (Å²) in [7, 11) is 2.96. The van der Waals surface area contributed by atoms with E-state index < -0.39 is 17.4 Å². The summed E-state index contributed by atoms with van der Waals surface area (Å²) in [5.74, 6) is 1.10. The van der Waals surface area contributed by atoms with Gasteiger partial charge in [0.15, 0.2) is 11.2 Å². The average Bonchev–Trinajstić information content (AvgIpc) is 3.06. The monoisotopic (exact) mass is 469 g/mol. The van der Waals surface area contributed by atoms with Gasteiger partial charge in [-0.05, 0) is 24.1 Å². The third-order valence-electron chi connectivity index (χ3n) is 4.73. The maximum Gasteiger partial charge on any atom is 0.332 e. The van der Waals surface area contributed by atoms with Crippen molar-refractivity contribution in [2.45, 2.75) is 26.5 Å². The number of hydrogen-bond acceptors (Lipinski definition) is 6. The highest BCUT2D eigenvalue weighted by atomic mass is 35.5. The molecule has 0 amide bonds. The quantitative estimate of drug-likeness (QED) is 0.524. The average molecular weight is 470 g/mol. The van der Waals surface area contributed by atoms with Gasteiger partial charge in [-0.15, -0.1) is 0 Å². The third-order valence-corrected chi connectivity index (χ3v) is 5.27. The third kappa shape index (κ3) is 4.89. The second-order valence-corrected chi connectivity index (χ2v) is 8.58. The molecule has 168 valence electrons. The maximum absolute atomic E-state index is 12.8. The van der Waals surface area contributed by atoms with Crippen molar-refractivity contribution in [1.29, 1.82) is 0 Å². The lowest BCUT2D eigenvalue weighted by Crippen LogP contribution is -2.38. The zero-order valence-corrected chi connectivity index (χ0v) is 19.2. The summed E-state index contributed by atoms with van der Waals surface area (Å²) >= 11 is 12.0. The second kappa shape index (κ2) is 9.33. The molecule has 0 aliphatic rings. The number of benzene rings is 1. The molecule has 0 aliphatic carbocycles. The zero-order chi connectivity index (χ0) is 22.9. The molecule has 3 aromatic rings. The van der Waals surface area contributed by atoms with Crippen LogP contribution in [-0.4, -0.2) is 43.0 Å². The molecule has 0 unspecified atom stereocenters. The van der Waals surface area contributed by atoms with E-state index in [1.807, 2.05) is 13.8 Å². The van der Waals surface area contributed by atoms with Crippen LogP contribution in [0, 0.1) is 5.92 Å². The Morgan fingerprint density at radius 1 is 1.19 bits per heavy atom. The fourth-order valence-electron chi connectivity index (χ4n) is 3.10. The minimum absolute atomic E-state index is 0.0234. The number of anilines is 1. The van der Waals surface area contributed by atoms with Gasteiger partial charge in [0.25, 0.3) is 5.56 Å². The maximum atomic E-state index is 12.8. The van der Waals surface area contributed by atoms with Crippen molar-refractivity contribution in [2.75, 3.05) is 18.5 Å². The van der Waals surface area contributed by atoms with E-state index in [1.54, 1.807) is 29.8 Å². The predicted molar refractivity (Wildman–Crippen MR) is 122 cm³/mol. The van der Waals surface area contributed by atoms with Crippen molar-refractivity contribution in [3.05, 3.63) is 49.1 Å². The van der Waals surface area contributed by atoms with E-state index in [1.165, 1.54) is 11.6 Å². The van der Waals surface area contributed by atoms with Crippen molar-refractivity contribution in [3.63, 3.8) is 0 Å². The number of halogens is 2. The number of nitrogens with one attached hydrogen (secondary N) is 1. The smallest absolute Gasteiger partial charge is 0.332 e. The van der Waals surface area contributed by atoms with Gasteiger partial charge in [0.05, 0.1) is 11.6 Å². The number of ether oxygens (including phenoxy) is 1. The molecule has 9 nitrogen and oxygen atoms in total. The molecule has 0 saturated carbocycles. The first-order chi connectivity index (χ1) is 14.6.